The second-order valence-electron chi connectivity index (χ2n) is 6.67. The molecule has 0 atom stereocenters. The maximum absolute atomic E-state index is 12.4. The lowest BCUT2D eigenvalue weighted by Crippen LogP contribution is -2.36. The molecule has 0 aromatic heterocycles. The number of carbonyl (C=O) groups excluding carboxylic acids is 1. The highest BCUT2D eigenvalue weighted by Crippen LogP contribution is 2.23. The van der Waals surface area contributed by atoms with E-state index in [1.807, 2.05) is 35.2 Å². The van der Waals surface area contributed by atoms with Crippen molar-refractivity contribution in [2.45, 2.75) is 39.5 Å². The lowest BCUT2D eigenvalue weighted by Gasteiger charge is -2.22. The van der Waals surface area contributed by atoms with Crippen LogP contribution in [0.2, 0.25) is 0 Å². The van der Waals surface area contributed by atoms with Crippen molar-refractivity contribution < 1.29 is 9.53 Å². The largest absolute Gasteiger partial charge is 0.491 e. The van der Waals surface area contributed by atoms with Crippen LogP contribution in [0.25, 0.3) is 0 Å². The Hall–Kier alpha value is -2.49. The van der Waals surface area contributed by atoms with E-state index in [-0.39, 0.29) is 5.91 Å². The zero-order valence-corrected chi connectivity index (χ0v) is 16.6. The number of ether oxygens (including phenoxy) is 1. The molecule has 2 aromatic rings. The molecule has 4 nitrogen and oxygen atoms in total. The smallest absolute Gasteiger partial charge is 0.241 e. The zero-order valence-electron chi connectivity index (χ0n) is 16.6. The second kappa shape index (κ2) is 12.0. The topological polar surface area (TPSA) is 41.6 Å². The average Bonchev–Trinajstić information content (AvgIpc) is 2.71. The molecule has 4 heteroatoms. The molecule has 0 unspecified atom stereocenters. The Bertz CT molecular complexity index is 667. The van der Waals surface area contributed by atoms with E-state index in [1.54, 1.807) is 0 Å². The van der Waals surface area contributed by atoms with Crippen LogP contribution in [0.4, 0.5) is 5.69 Å². The lowest BCUT2D eigenvalue weighted by atomic mass is 10.1. The minimum absolute atomic E-state index is 0.137. The van der Waals surface area contributed by atoms with Gasteiger partial charge in [-0.05, 0) is 43.4 Å². The fourth-order valence-electron chi connectivity index (χ4n) is 3.03. The lowest BCUT2D eigenvalue weighted by molar-refractivity contribution is -0.129. The molecule has 0 radical (unpaired) electrons. The van der Waals surface area contributed by atoms with Gasteiger partial charge in [0.2, 0.25) is 5.91 Å². The van der Waals surface area contributed by atoms with Gasteiger partial charge in [0.25, 0.3) is 0 Å². The normalized spacial score (nSPS) is 10.4. The second-order valence-corrected chi connectivity index (χ2v) is 6.67. The van der Waals surface area contributed by atoms with Crippen LogP contribution in [0.15, 0.2) is 54.6 Å². The van der Waals surface area contributed by atoms with Crippen molar-refractivity contribution in [2.75, 3.05) is 31.6 Å². The molecule has 0 spiro atoms. The minimum atomic E-state index is 0.137. The van der Waals surface area contributed by atoms with Crippen LogP contribution in [0.3, 0.4) is 0 Å². The monoisotopic (exact) mass is 368 g/mol. The maximum Gasteiger partial charge on any atom is 0.241 e. The van der Waals surface area contributed by atoms with Gasteiger partial charge in [-0.25, -0.2) is 0 Å². The van der Waals surface area contributed by atoms with Gasteiger partial charge in [0, 0.05) is 13.1 Å². The van der Waals surface area contributed by atoms with Crippen LogP contribution < -0.4 is 10.1 Å². The standard InChI is InChI=1S/C23H32N2O2/c1-3-16-25(17-4-2)23(26)19-24-21-14-8-9-15-22(21)27-18-10-13-20-11-6-5-7-12-20/h5-9,11-12,14-15,24H,3-4,10,13,16-19H2,1-2H3. The summed E-state index contributed by atoms with van der Waals surface area (Å²) in [5, 5.41) is 3.25. The van der Waals surface area contributed by atoms with E-state index in [2.05, 4.69) is 43.4 Å². The third-order valence-corrected chi connectivity index (χ3v) is 4.37. The first-order valence-electron chi connectivity index (χ1n) is 10.0. The summed E-state index contributed by atoms with van der Waals surface area (Å²) in [4.78, 5) is 14.4. The number of amides is 1. The van der Waals surface area contributed by atoms with Crippen molar-refractivity contribution in [1.82, 2.24) is 4.90 Å². The van der Waals surface area contributed by atoms with Crippen LogP contribution >= 0.6 is 0 Å². The first kappa shape index (κ1) is 20.8. The summed E-state index contributed by atoms with van der Waals surface area (Å²) in [5.74, 6) is 0.938. The third-order valence-electron chi connectivity index (χ3n) is 4.37. The summed E-state index contributed by atoms with van der Waals surface area (Å²) in [6, 6.07) is 18.3. The fraction of sp³-hybridized carbons (Fsp3) is 0.435. The average molecular weight is 369 g/mol. The molecule has 0 saturated heterocycles. The van der Waals surface area contributed by atoms with E-state index in [4.69, 9.17) is 4.74 Å². The first-order valence-corrected chi connectivity index (χ1v) is 10.0. The fourth-order valence-corrected chi connectivity index (χ4v) is 3.03. The molecule has 146 valence electrons. The van der Waals surface area contributed by atoms with Gasteiger partial charge >= 0.3 is 0 Å². The van der Waals surface area contributed by atoms with Crippen molar-refractivity contribution in [2.24, 2.45) is 0 Å². The molecule has 2 aromatic carbocycles. The van der Waals surface area contributed by atoms with Crippen LogP contribution in [0.5, 0.6) is 5.75 Å². The Kier molecular flexibility index (Phi) is 9.25. The number of aryl methyl sites for hydroxylation is 1. The number of nitrogens with zero attached hydrogens (tertiary/aromatic N) is 1. The SMILES string of the molecule is CCCN(CCC)C(=O)CNc1ccccc1OCCCc1ccccc1. The summed E-state index contributed by atoms with van der Waals surface area (Å²) < 4.78 is 5.96. The van der Waals surface area contributed by atoms with E-state index >= 15 is 0 Å². The van der Waals surface area contributed by atoms with Crippen LogP contribution in [0, 0.1) is 0 Å². The number of nitrogens with one attached hydrogen (secondary N) is 1. The highest BCUT2D eigenvalue weighted by atomic mass is 16.5. The van der Waals surface area contributed by atoms with Gasteiger partial charge in [-0.15, -0.1) is 0 Å². The Morgan fingerprint density at radius 1 is 0.963 bits per heavy atom. The number of rotatable bonds is 12. The predicted molar refractivity (Wildman–Crippen MR) is 112 cm³/mol. The summed E-state index contributed by atoms with van der Waals surface area (Å²) >= 11 is 0. The van der Waals surface area contributed by atoms with E-state index in [0.717, 1.165) is 50.2 Å². The van der Waals surface area contributed by atoms with Crippen molar-refractivity contribution in [3.63, 3.8) is 0 Å². The van der Waals surface area contributed by atoms with Crippen molar-refractivity contribution in [3.05, 3.63) is 60.2 Å². The van der Waals surface area contributed by atoms with E-state index in [9.17, 15) is 4.79 Å². The molecule has 27 heavy (non-hydrogen) atoms. The number of hydrogen-bond donors (Lipinski definition) is 1. The minimum Gasteiger partial charge on any atom is -0.491 e. The summed E-state index contributed by atoms with van der Waals surface area (Å²) in [6.45, 7) is 6.77. The van der Waals surface area contributed by atoms with Crippen molar-refractivity contribution in [1.29, 1.82) is 0 Å². The Morgan fingerprint density at radius 2 is 1.63 bits per heavy atom. The van der Waals surface area contributed by atoms with Gasteiger partial charge in [-0.3, -0.25) is 4.79 Å². The molecule has 1 N–H and O–H groups in total. The molecule has 1 amide bonds. The molecule has 0 bridgehead atoms. The van der Waals surface area contributed by atoms with Crippen LogP contribution in [-0.2, 0) is 11.2 Å². The molecular weight excluding hydrogens is 336 g/mol. The Balaban J connectivity index is 1.82. The number of carbonyl (C=O) groups is 1. The number of hydrogen-bond acceptors (Lipinski definition) is 3. The van der Waals surface area contributed by atoms with Gasteiger partial charge in [-0.1, -0.05) is 56.3 Å². The zero-order chi connectivity index (χ0) is 19.3. The molecular formula is C23H32N2O2. The first-order chi connectivity index (χ1) is 13.2. The molecule has 2 rings (SSSR count). The highest BCUT2D eigenvalue weighted by molar-refractivity contribution is 5.81. The van der Waals surface area contributed by atoms with Crippen LogP contribution in [0.1, 0.15) is 38.7 Å². The van der Waals surface area contributed by atoms with E-state index in [0.29, 0.717) is 13.2 Å². The van der Waals surface area contributed by atoms with Crippen LogP contribution in [-0.4, -0.2) is 37.0 Å². The molecule has 0 aliphatic carbocycles. The molecule has 0 heterocycles. The van der Waals surface area contributed by atoms with E-state index < -0.39 is 0 Å². The van der Waals surface area contributed by atoms with Gasteiger partial charge in [0.1, 0.15) is 5.75 Å². The van der Waals surface area contributed by atoms with Gasteiger partial charge in [-0.2, -0.15) is 0 Å². The van der Waals surface area contributed by atoms with Gasteiger partial charge < -0.3 is 15.0 Å². The number of para-hydroxylation sites is 2. The maximum atomic E-state index is 12.4. The van der Waals surface area contributed by atoms with Gasteiger partial charge in [0.15, 0.2) is 0 Å². The molecule has 0 aliphatic rings. The molecule has 0 aliphatic heterocycles. The summed E-state index contributed by atoms with van der Waals surface area (Å²) in [7, 11) is 0. The summed E-state index contributed by atoms with van der Waals surface area (Å²) in [6.07, 6.45) is 3.91. The Morgan fingerprint density at radius 3 is 2.33 bits per heavy atom. The number of anilines is 1. The molecule has 0 saturated carbocycles. The third kappa shape index (κ3) is 7.33. The summed E-state index contributed by atoms with van der Waals surface area (Å²) in [5.41, 5.74) is 2.20. The van der Waals surface area contributed by atoms with Gasteiger partial charge in [0.05, 0.1) is 18.8 Å². The van der Waals surface area contributed by atoms with Crippen molar-refractivity contribution in [3.8, 4) is 5.75 Å². The van der Waals surface area contributed by atoms with Crippen molar-refractivity contribution >= 4 is 11.6 Å². The Labute approximate surface area is 163 Å². The number of benzene rings is 2. The highest BCUT2D eigenvalue weighted by Gasteiger charge is 2.12. The predicted octanol–water partition coefficient (Wildman–Crippen LogP) is 4.76. The molecule has 0 fully saturated rings. The van der Waals surface area contributed by atoms with E-state index in [1.165, 1.54) is 5.56 Å². The quantitative estimate of drug-likeness (QED) is 0.549.